The Hall–Kier alpha value is -3.73. The predicted octanol–water partition coefficient (Wildman–Crippen LogP) is 4.32. The number of pyridine rings is 1. The molecule has 0 aliphatic carbocycles. The summed E-state index contributed by atoms with van der Waals surface area (Å²) in [5, 5.41) is 21.6. The molecule has 1 aromatic heterocycles. The molecule has 1 N–H and O–H groups in total. The molecule has 1 aliphatic rings. The van der Waals surface area contributed by atoms with Gasteiger partial charge in [0.25, 0.3) is 11.4 Å². The first-order valence-corrected chi connectivity index (χ1v) is 8.12. The maximum Gasteiger partial charge on any atom is 0.269 e. The second-order valence-corrected chi connectivity index (χ2v) is 5.92. The molecular formula is C21H15N2O3+. The average Bonchev–Trinajstić information content (AvgIpc) is 2.95. The van der Waals surface area contributed by atoms with Crippen molar-refractivity contribution >= 4 is 28.8 Å². The van der Waals surface area contributed by atoms with Gasteiger partial charge in [0.2, 0.25) is 11.5 Å². The Balaban J connectivity index is 1.88. The number of non-ortho nitro benzene ring substituents is 1. The molecule has 5 heteroatoms. The van der Waals surface area contributed by atoms with Crippen LogP contribution in [0.4, 0.5) is 5.69 Å². The third kappa shape index (κ3) is 2.65. The molecule has 2 aromatic carbocycles. The van der Waals surface area contributed by atoms with Crippen LogP contribution in [-0.2, 0) is 0 Å². The number of nitro groups is 1. The van der Waals surface area contributed by atoms with Crippen molar-refractivity contribution in [2.24, 2.45) is 0 Å². The highest BCUT2D eigenvalue weighted by molar-refractivity contribution is 6.11. The lowest BCUT2D eigenvalue weighted by atomic mass is 10.0. The van der Waals surface area contributed by atoms with E-state index in [4.69, 9.17) is 0 Å². The lowest BCUT2D eigenvalue weighted by Gasteiger charge is -2.02. The quantitative estimate of drug-likeness (QED) is 0.437. The molecule has 2 heterocycles. The van der Waals surface area contributed by atoms with Crippen LogP contribution >= 0.6 is 0 Å². The van der Waals surface area contributed by atoms with Crippen LogP contribution in [0.1, 0.15) is 16.8 Å². The number of hydrogen-bond donors (Lipinski definition) is 1. The molecule has 0 saturated heterocycles. The van der Waals surface area contributed by atoms with Crippen molar-refractivity contribution in [3.05, 3.63) is 106 Å². The summed E-state index contributed by atoms with van der Waals surface area (Å²) < 4.78 is 1.92. The standard InChI is InChI=1S/C21H14N2O3/c24-21-18-8-4-5-13-22(18)19(20(21)16-6-2-1-3-7-16)14-15-9-11-17(12-10-15)23(25)26/h1-14H/p+1/b19-14-. The lowest BCUT2D eigenvalue weighted by molar-refractivity contribution is -0.576. The first kappa shape index (κ1) is 15.8. The Morgan fingerprint density at radius 3 is 2.31 bits per heavy atom. The highest BCUT2D eigenvalue weighted by Crippen LogP contribution is 2.36. The summed E-state index contributed by atoms with van der Waals surface area (Å²) in [6.45, 7) is 0. The van der Waals surface area contributed by atoms with Crippen LogP contribution in [0, 0.1) is 10.1 Å². The number of allylic oxidation sites excluding steroid dienone is 2. The van der Waals surface area contributed by atoms with E-state index in [0.29, 0.717) is 5.69 Å². The minimum atomic E-state index is -0.419. The van der Waals surface area contributed by atoms with Gasteiger partial charge in [-0.1, -0.05) is 30.3 Å². The number of aromatic nitrogens is 1. The van der Waals surface area contributed by atoms with E-state index in [1.807, 2.05) is 65.4 Å². The average molecular weight is 343 g/mol. The smallest absolute Gasteiger partial charge is 0.269 e. The van der Waals surface area contributed by atoms with E-state index in [2.05, 4.69) is 0 Å². The van der Waals surface area contributed by atoms with Crippen molar-refractivity contribution in [2.45, 2.75) is 0 Å². The topological polar surface area (TPSA) is 67.2 Å². The Kier molecular flexibility index (Phi) is 3.82. The van der Waals surface area contributed by atoms with Crippen LogP contribution in [0.2, 0.25) is 0 Å². The summed E-state index contributed by atoms with van der Waals surface area (Å²) in [6, 6.07) is 21.6. The van der Waals surface area contributed by atoms with Gasteiger partial charge in [-0.15, -0.1) is 0 Å². The van der Waals surface area contributed by atoms with Crippen molar-refractivity contribution in [3.8, 4) is 0 Å². The van der Waals surface area contributed by atoms with Gasteiger partial charge < -0.3 is 5.11 Å². The van der Waals surface area contributed by atoms with Gasteiger partial charge in [0.1, 0.15) is 5.57 Å². The summed E-state index contributed by atoms with van der Waals surface area (Å²) in [5.41, 5.74) is 4.03. The number of aliphatic hydroxyl groups is 1. The van der Waals surface area contributed by atoms with Crippen molar-refractivity contribution in [2.75, 3.05) is 0 Å². The number of hydrogen-bond acceptors (Lipinski definition) is 3. The molecule has 0 amide bonds. The number of aliphatic hydroxyl groups excluding tert-OH is 1. The first-order valence-electron chi connectivity index (χ1n) is 8.12. The second kappa shape index (κ2) is 6.29. The number of rotatable bonds is 3. The van der Waals surface area contributed by atoms with Gasteiger partial charge in [-0.3, -0.25) is 10.1 Å². The fraction of sp³-hybridized carbons (Fsp3) is 0. The molecule has 0 unspecified atom stereocenters. The normalized spacial score (nSPS) is 14.5. The minimum Gasteiger partial charge on any atom is -0.502 e. The van der Waals surface area contributed by atoms with Crippen molar-refractivity contribution in [1.82, 2.24) is 0 Å². The summed E-state index contributed by atoms with van der Waals surface area (Å²) in [5.74, 6) is 0.213. The van der Waals surface area contributed by atoms with E-state index in [-0.39, 0.29) is 11.4 Å². The summed E-state index contributed by atoms with van der Waals surface area (Å²) in [7, 11) is 0. The maximum absolute atomic E-state index is 10.8. The molecule has 3 aromatic rings. The second-order valence-electron chi connectivity index (χ2n) is 5.92. The van der Waals surface area contributed by atoms with Gasteiger partial charge in [0, 0.05) is 30.3 Å². The monoisotopic (exact) mass is 343 g/mol. The number of benzene rings is 2. The Labute approximate surface area is 149 Å². The third-order valence-corrected chi connectivity index (χ3v) is 4.32. The first-order chi connectivity index (χ1) is 12.6. The molecule has 0 radical (unpaired) electrons. The van der Waals surface area contributed by atoms with Gasteiger partial charge in [-0.2, -0.15) is 4.57 Å². The van der Waals surface area contributed by atoms with Gasteiger partial charge in [-0.25, -0.2) is 0 Å². The largest absolute Gasteiger partial charge is 0.502 e. The molecule has 1 aliphatic heterocycles. The molecule has 4 rings (SSSR count). The van der Waals surface area contributed by atoms with Gasteiger partial charge in [0.15, 0.2) is 6.20 Å². The van der Waals surface area contributed by atoms with E-state index < -0.39 is 4.92 Å². The van der Waals surface area contributed by atoms with Crippen LogP contribution in [0.25, 0.3) is 23.1 Å². The van der Waals surface area contributed by atoms with Crippen LogP contribution < -0.4 is 4.57 Å². The van der Waals surface area contributed by atoms with Gasteiger partial charge >= 0.3 is 0 Å². The van der Waals surface area contributed by atoms with E-state index >= 15 is 0 Å². The molecule has 0 fully saturated rings. The van der Waals surface area contributed by atoms with Crippen molar-refractivity contribution < 1.29 is 14.6 Å². The van der Waals surface area contributed by atoms with Gasteiger partial charge in [0.05, 0.1) is 4.92 Å². The molecule has 5 nitrogen and oxygen atoms in total. The van der Waals surface area contributed by atoms with E-state index in [1.165, 1.54) is 12.1 Å². The van der Waals surface area contributed by atoms with Crippen LogP contribution in [0.5, 0.6) is 0 Å². The van der Waals surface area contributed by atoms with Crippen LogP contribution in [-0.4, -0.2) is 10.0 Å². The highest BCUT2D eigenvalue weighted by atomic mass is 16.6. The third-order valence-electron chi connectivity index (χ3n) is 4.32. The summed E-state index contributed by atoms with van der Waals surface area (Å²) in [4.78, 5) is 10.4. The lowest BCUT2D eigenvalue weighted by Crippen LogP contribution is -2.32. The Morgan fingerprint density at radius 2 is 1.62 bits per heavy atom. The zero-order valence-electron chi connectivity index (χ0n) is 13.7. The van der Waals surface area contributed by atoms with Crippen molar-refractivity contribution in [3.63, 3.8) is 0 Å². The highest BCUT2D eigenvalue weighted by Gasteiger charge is 2.35. The van der Waals surface area contributed by atoms with Crippen LogP contribution in [0.15, 0.2) is 79.0 Å². The Bertz CT molecular complexity index is 1050. The fourth-order valence-electron chi connectivity index (χ4n) is 3.10. The van der Waals surface area contributed by atoms with Crippen molar-refractivity contribution in [1.29, 1.82) is 0 Å². The van der Waals surface area contributed by atoms with E-state index in [9.17, 15) is 15.2 Å². The zero-order valence-corrected chi connectivity index (χ0v) is 13.7. The molecule has 0 bridgehead atoms. The predicted molar refractivity (Wildman–Crippen MR) is 99.8 cm³/mol. The van der Waals surface area contributed by atoms with Crippen LogP contribution in [0.3, 0.4) is 0 Å². The molecule has 0 atom stereocenters. The number of nitro benzene ring substituents is 1. The van der Waals surface area contributed by atoms with Gasteiger partial charge in [-0.05, 0) is 29.3 Å². The Morgan fingerprint density at radius 1 is 0.923 bits per heavy atom. The minimum absolute atomic E-state index is 0.0493. The maximum atomic E-state index is 10.8. The number of fused-ring (bicyclic) bond motifs is 1. The summed E-state index contributed by atoms with van der Waals surface area (Å²) in [6.07, 6.45) is 3.80. The molecular weight excluding hydrogens is 328 g/mol. The molecule has 0 saturated carbocycles. The van der Waals surface area contributed by atoms with E-state index in [0.717, 1.165) is 22.4 Å². The molecule has 26 heavy (non-hydrogen) atoms. The number of nitrogens with zero attached hydrogens (tertiary/aromatic N) is 2. The summed E-state index contributed by atoms with van der Waals surface area (Å²) >= 11 is 0. The SMILES string of the molecule is O=[N+]([O-])c1ccc(/C=C2/C(c3ccccc3)=C(O)c3cccc[n+]32)cc1. The fourth-order valence-corrected chi connectivity index (χ4v) is 3.10. The zero-order chi connectivity index (χ0) is 18.1. The molecule has 126 valence electrons. The van der Waals surface area contributed by atoms with E-state index in [1.54, 1.807) is 12.1 Å². The molecule has 0 spiro atoms.